The van der Waals surface area contributed by atoms with E-state index in [1.807, 2.05) is 13.0 Å². The number of rotatable bonds is 3. The van der Waals surface area contributed by atoms with Gasteiger partial charge in [-0.15, -0.1) is 0 Å². The maximum Gasteiger partial charge on any atom is 0.173 e. The van der Waals surface area contributed by atoms with Crippen LogP contribution in [0.3, 0.4) is 0 Å². The topological polar surface area (TPSA) is 59.2 Å². The van der Waals surface area contributed by atoms with Gasteiger partial charge in [0, 0.05) is 17.5 Å². The molecule has 0 aromatic carbocycles. The summed E-state index contributed by atoms with van der Waals surface area (Å²) in [5.41, 5.74) is 2.41. The molecule has 0 spiro atoms. The molecule has 2 aromatic rings. The molecule has 2 aromatic heterocycles. The van der Waals surface area contributed by atoms with Gasteiger partial charge in [0.05, 0.1) is 12.2 Å². The summed E-state index contributed by atoms with van der Waals surface area (Å²) in [4.78, 5) is 4.11. The average molecular weight is 222 g/mol. The molecule has 0 aliphatic rings. The summed E-state index contributed by atoms with van der Waals surface area (Å²) >= 11 is 0. The SMILES string of the molecule is Cc1ccc(-c2noc(CF)c2CO)cn1. The molecule has 2 rings (SSSR count). The Morgan fingerprint density at radius 3 is 2.81 bits per heavy atom. The number of alkyl halides is 1. The van der Waals surface area contributed by atoms with Crippen LogP contribution in [0.5, 0.6) is 0 Å². The van der Waals surface area contributed by atoms with Gasteiger partial charge in [0.25, 0.3) is 0 Å². The molecule has 0 saturated heterocycles. The third-order valence-corrected chi connectivity index (χ3v) is 2.33. The molecule has 0 fully saturated rings. The molecule has 0 amide bonds. The molecule has 5 heteroatoms. The van der Waals surface area contributed by atoms with Gasteiger partial charge >= 0.3 is 0 Å². The Morgan fingerprint density at radius 1 is 1.44 bits per heavy atom. The summed E-state index contributed by atoms with van der Waals surface area (Å²) < 4.78 is 17.3. The second-order valence-electron chi connectivity index (χ2n) is 3.41. The van der Waals surface area contributed by atoms with E-state index in [0.29, 0.717) is 16.8 Å². The molecule has 1 N–H and O–H groups in total. The van der Waals surface area contributed by atoms with Gasteiger partial charge < -0.3 is 9.63 Å². The molecule has 84 valence electrons. The lowest BCUT2D eigenvalue weighted by Crippen LogP contribution is -1.91. The second-order valence-corrected chi connectivity index (χ2v) is 3.41. The molecule has 0 aliphatic carbocycles. The predicted molar refractivity (Wildman–Crippen MR) is 55.2 cm³/mol. The van der Waals surface area contributed by atoms with E-state index in [-0.39, 0.29) is 12.4 Å². The van der Waals surface area contributed by atoms with Crippen LogP contribution in [0, 0.1) is 6.92 Å². The van der Waals surface area contributed by atoms with E-state index in [1.54, 1.807) is 12.3 Å². The zero-order valence-corrected chi connectivity index (χ0v) is 8.77. The molecule has 16 heavy (non-hydrogen) atoms. The highest BCUT2D eigenvalue weighted by Gasteiger charge is 2.16. The quantitative estimate of drug-likeness (QED) is 0.862. The second kappa shape index (κ2) is 4.40. The minimum atomic E-state index is -0.776. The van der Waals surface area contributed by atoms with Gasteiger partial charge in [-0.25, -0.2) is 4.39 Å². The number of nitrogens with zero attached hydrogens (tertiary/aromatic N) is 2. The Balaban J connectivity index is 2.47. The van der Waals surface area contributed by atoms with Crippen LogP contribution in [-0.4, -0.2) is 15.2 Å². The lowest BCUT2D eigenvalue weighted by Gasteiger charge is -1.99. The Bertz CT molecular complexity index is 479. The van der Waals surface area contributed by atoms with E-state index in [0.717, 1.165) is 5.69 Å². The first-order chi connectivity index (χ1) is 7.76. The van der Waals surface area contributed by atoms with E-state index in [4.69, 9.17) is 9.63 Å². The van der Waals surface area contributed by atoms with Crippen molar-refractivity contribution in [1.29, 1.82) is 0 Å². The lowest BCUT2D eigenvalue weighted by molar-refractivity contribution is 0.270. The highest BCUT2D eigenvalue weighted by atomic mass is 19.1. The minimum absolute atomic E-state index is 0.0677. The highest BCUT2D eigenvalue weighted by Crippen LogP contribution is 2.25. The summed E-state index contributed by atoms with van der Waals surface area (Å²) in [5, 5.41) is 12.9. The van der Waals surface area contributed by atoms with Crippen molar-refractivity contribution in [1.82, 2.24) is 10.1 Å². The maximum absolute atomic E-state index is 12.5. The van der Waals surface area contributed by atoms with Crippen molar-refractivity contribution in [2.75, 3.05) is 0 Å². The Kier molecular flexibility index (Phi) is 2.96. The Hall–Kier alpha value is -1.75. The van der Waals surface area contributed by atoms with Crippen molar-refractivity contribution in [3.63, 3.8) is 0 Å². The third kappa shape index (κ3) is 1.81. The van der Waals surface area contributed by atoms with Crippen LogP contribution in [0.25, 0.3) is 11.3 Å². The fourth-order valence-corrected chi connectivity index (χ4v) is 1.45. The van der Waals surface area contributed by atoms with Crippen molar-refractivity contribution in [3.05, 3.63) is 35.3 Å². The number of halogens is 1. The molecule has 0 unspecified atom stereocenters. The normalized spacial score (nSPS) is 10.7. The molecule has 2 heterocycles. The number of aromatic nitrogens is 2. The monoisotopic (exact) mass is 222 g/mol. The molecule has 4 nitrogen and oxygen atoms in total. The van der Waals surface area contributed by atoms with E-state index < -0.39 is 6.67 Å². The highest BCUT2D eigenvalue weighted by molar-refractivity contribution is 5.62. The predicted octanol–water partition coefficient (Wildman–Crippen LogP) is 2.01. The summed E-state index contributed by atoms with van der Waals surface area (Å²) in [7, 11) is 0. The molecule has 0 saturated carbocycles. The van der Waals surface area contributed by atoms with Gasteiger partial charge in [-0.05, 0) is 19.1 Å². The van der Waals surface area contributed by atoms with E-state index in [1.165, 1.54) is 0 Å². The molecular weight excluding hydrogens is 211 g/mol. The van der Waals surface area contributed by atoms with Gasteiger partial charge in [0.15, 0.2) is 12.4 Å². The van der Waals surface area contributed by atoms with Crippen molar-refractivity contribution in [2.24, 2.45) is 0 Å². The number of aryl methyl sites for hydroxylation is 1. The zero-order chi connectivity index (χ0) is 11.5. The van der Waals surface area contributed by atoms with Gasteiger partial charge in [-0.1, -0.05) is 5.16 Å². The van der Waals surface area contributed by atoms with Crippen LogP contribution < -0.4 is 0 Å². The molecular formula is C11H11FN2O2. The number of hydrogen-bond donors (Lipinski definition) is 1. The van der Waals surface area contributed by atoms with Crippen molar-refractivity contribution in [2.45, 2.75) is 20.2 Å². The smallest absolute Gasteiger partial charge is 0.173 e. The van der Waals surface area contributed by atoms with Crippen LogP contribution in [0.15, 0.2) is 22.9 Å². The number of aliphatic hydroxyl groups is 1. The average Bonchev–Trinajstić information content (AvgIpc) is 2.72. The summed E-state index contributed by atoms with van der Waals surface area (Å²) in [5.74, 6) is 0.0677. The largest absolute Gasteiger partial charge is 0.391 e. The third-order valence-electron chi connectivity index (χ3n) is 2.33. The molecule has 0 aliphatic heterocycles. The van der Waals surface area contributed by atoms with Gasteiger partial charge in [0.1, 0.15) is 5.69 Å². The summed E-state index contributed by atoms with van der Waals surface area (Å²) in [6.07, 6.45) is 1.62. The van der Waals surface area contributed by atoms with Crippen LogP contribution in [0.1, 0.15) is 17.0 Å². The molecule has 0 atom stereocenters. The van der Waals surface area contributed by atoms with Crippen LogP contribution >= 0.6 is 0 Å². The van der Waals surface area contributed by atoms with Gasteiger partial charge in [-0.3, -0.25) is 4.98 Å². The van der Waals surface area contributed by atoms with Crippen LogP contribution in [0.2, 0.25) is 0 Å². The lowest BCUT2D eigenvalue weighted by atomic mass is 10.1. The van der Waals surface area contributed by atoms with Crippen molar-refractivity contribution in [3.8, 4) is 11.3 Å². The van der Waals surface area contributed by atoms with E-state index in [2.05, 4.69) is 10.1 Å². The first kappa shape index (κ1) is 10.8. The maximum atomic E-state index is 12.5. The molecule has 0 radical (unpaired) electrons. The van der Waals surface area contributed by atoms with Gasteiger partial charge in [0.2, 0.25) is 0 Å². The number of hydrogen-bond acceptors (Lipinski definition) is 4. The van der Waals surface area contributed by atoms with E-state index in [9.17, 15) is 4.39 Å². The van der Waals surface area contributed by atoms with Crippen LogP contribution in [-0.2, 0) is 13.3 Å². The standard InChI is InChI=1S/C11H11FN2O2/c1-7-2-3-8(5-13-7)11-9(6-15)10(4-12)16-14-11/h2-3,5,15H,4,6H2,1H3. The Labute approximate surface area is 91.7 Å². The fourth-order valence-electron chi connectivity index (χ4n) is 1.45. The first-order valence-corrected chi connectivity index (χ1v) is 4.83. The summed E-state index contributed by atoms with van der Waals surface area (Å²) in [6, 6.07) is 3.63. The number of aliphatic hydroxyl groups excluding tert-OH is 1. The number of pyridine rings is 1. The van der Waals surface area contributed by atoms with Crippen molar-refractivity contribution >= 4 is 0 Å². The van der Waals surface area contributed by atoms with E-state index >= 15 is 0 Å². The fraction of sp³-hybridized carbons (Fsp3) is 0.273. The van der Waals surface area contributed by atoms with Gasteiger partial charge in [-0.2, -0.15) is 0 Å². The summed E-state index contributed by atoms with van der Waals surface area (Å²) in [6.45, 7) is 0.792. The minimum Gasteiger partial charge on any atom is -0.391 e. The molecule has 0 bridgehead atoms. The van der Waals surface area contributed by atoms with Crippen LogP contribution in [0.4, 0.5) is 4.39 Å². The Morgan fingerprint density at radius 2 is 2.25 bits per heavy atom. The zero-order valence-electron chi connectivity index (χ0n) is 8.77. The first-order valence-electron chi connectivity index (χ1n) is 4.83. The van der Waals surface area contributed by atoms with Crippen molar-refractivity contribution < 1.29 is 14.0 Å².